The smallest absolute Gasteiger partial charge is 0.229 e. The maximum Gasteiger partial charge on any atom is 0.229 e. The summed E-state index contributed by atoms with van der Waals surface area (Å²) in [5, 5.41) is 2.64. The second-order valence-electron chi connectivity index (χ2n) is 4.14. The van der Waals surface area contributed by atoms with Gasteiger partial charge in [-0.05, 0) is 38.6 Å². The first-order valence-electron chi connectivity index (χ1n) is 5.72. The molecule has 1 fully saturated rings. The van der Waals surface area contributed by atoms with Crippen LogP contribution in [0.15, 0.2) is 0 Å². The molecule has 4 heteroatoms. The molecule has 1 N–H and O–H groups in total. The first-order chi connectivity index (χ1) is 7.24. The van der Waals surface area contributed by atoms with Crippen molar-refractivity contribution in [3.63, 3.8) is 0 Å². The molecule has 1 saturated heterocycles. The van der Waals surface area contributed by atoms with Crippen molar-refractivity contribution in [1.82, 2.24) is 10.2 Å². The van der Waals surface area contributed by atoms with Gasteiger partial charge in [-0.25, -0.2) is 0 Å². The van der Waals surface area contributed by atoms with E-state index in [1.807, 2.05) is 0 Å². The van der Waals surface area contributed by atoms with Crippen molar-refractivity contribution in [2.24, 2.45) is 0 Å². The molecule has 0 aromatic rings. The van der Waals surface area contributed by atoms with Gasteiger partial charge < -0.3 is 10.2 Å². The van der Waals surface area contributed by atoms with Crippen LogP contribution < -0.4 is 5.32 Å². The van der Waals surface area contributed by atoms with Crippen molar-refractivity contribution in [2.45, 2.75) is 31.7 Å². The molecule has 1 aliphatic heterocycles. The third-order valence-corrected chi connectivity index (χ3v) is 4.02. The lowest BCUT2D eigenvalue weighted by molar-refractivity contribution is -0.118. The van der Waals surface area contributed by atoms with Gasteiger partial charge in [0.15, 0.2) is 0 Å². The molecular weight excluding hydrogens is 208 g/mol. The molecule has 0 bridgehead atoms. The van der Waals surface area contributed by atoms with E-state index in [9.17, 15) is 4.79 Å². The summed E-state index contributed by atoms with van der Waals surface area (Å²) >= 11 is 1.74. The minimum atomic E-state index is 0.136. The van der Waals surface area contributed by atoms with Crippen LogP contribution in [0.3, 0.4) is 0 Å². The van der Waals surface area contributed by atoms with Crippen LogP contribution in [0.4, 0.5) is 0 Å². The first kappa shape index (κ1) is 12.8. The summed E-state index contributed by atoms with van der Waals surface area (Å²) in [5.41, 5.74) is 0. The SMILES string of the molecule is CNC(=O)CSCC[C@@H]1CCCCN1C. The summed E-state index contributed by atoms with van der Waals surface area (Å²) in [6, 6.07) is 0.746. The van der Waals surface area contributed by atoms with Crippen LogP contribution in [0.5, 0.6) is 0 Å². The van der Waals surface area contributed by atoms with Crippen LogP contribution in [0.1, 0.15) is 25.7 Å². The highest BCUT2D eigenvalue weighted by atomic mass is 32.2. The lowest BCUT2D eigenvalue weighted by Crippen LogP contribution is -2.36. The standard InChI is InChI=1S/C11H22N2OS/c1-12-11(14)9-15-8-6-10-5-3-4-7-13(10)2/h10H,3-9H2,1-2H3,(H,12,14)/t10-/m0/s1. The number of hydrogen-bond donors (Lipinski definition) is 1. The maximum atomic E-state index is 11.0. The van der Waals surface area contributed by atoms with E-state index in [0.717, 1.165) is 11.8 Å². The molecule has 1 amide bonds. The van der Waals surface area contributed by atoms with Gasteiger partial charge in [-0.3, -0.25) is 4.79 Å². The highest BCUT2D eigenvalue weighted by Crippen LogP contribution is 2.19. The number of carbonyl (C=O) groups is 1. The van der Waals surface area contributed by atoms with Crippen molar-refractivity contribution in [3.05, 3.63) is 0 Å². The molecule has 15 heavy (non-hydrogen) atoms. The second kappa shape index (κ2) is 7.12. The van der Waals surface area contributed by atoms with E-state index in [1.54, 1.807) is 18.8 Å². The van der Waals surface area contributed by atoms with Gasteiger partial charge in [0, 0.05) is 13.1 Å². The third-order valence-electron chi connectivity index (χ3n) is 3.03. The number of hydrogen-bond acceptors (Lipinski definition) is 3. The Balaban J connectivity index is 2.06. The average Bonchev–Trinajstić information content (AvgIpc) is 2.26. The quantitative estimate of drug-likeness (QED) is 0.723. The molecule has 3 nitrogen and oxygen atoms in total. The summed E-state index contributed by atoms with van der Waals surface area (Å²) in [5.74, 6) is 1.84. The fourth-order valence-corrected chi connectivity index (χ4v) is 2.88. The number of carbonyl (C=O) groups excluding carboxylic acids is 1. The molecule has 1 rings (SSSR count). The Morgan fingerprint density at radius 3 is 3.00 bits per heavy atom. The van der Waals surface area contributed by atoms with Gasteiger partial charge in [-0.2, -0.15) is 11.8 Å². The van der Waals surface area contributed by atoms with Gasteiger partial charge in [0.25, 0.3) is 0 Å². The molecule has 0 aromatic carbocycles. The van der Waals surface area contributed by atoms with Gasteiger partial charge in [-0.15, -0.1) is 0 Å². The zero-order chi connectivity index (χ0) is 11.1. The normalized spacial score (nSPS) is 22.7. The zero-order valence-corrected chi connectivity index (χ0v) is 10.6. The molecule has 1 atom stereocenters. The summed E-state index contributed by atoms with van der Waals surface area (Å²) in [7, 11) is 3.91. The zero-order valence-electron chi connectivity index (χ0n) is 9.79. The highest BCUT2D eigenvalue weighted by Gasteiger charge is 2.18. The summed E-state index contributed by atoms with van der Waals surface area (Å²) in [6.45, 7) is 1.24. The lowest BCUT2D eigenvalue weighted by atomic mass is 10.0. The maximum absolute atomic E-state index is 11.0. The Morgan fingerprint density at radius 1 is 1.53 bits per heavy atom. The summed E-state index contributed by atoms with van der Waals surface area (Å²) in [6.07, 6.45) is 5.27. The third kappa shape index (κ3) is 4.89. The molecule has 0 aromatic heterocycles. The predicted molar refractivity (Wildman–Crippen MR) is 66.3 cm³/mol. The van der Waals surface area contributed by atoms with Crippen LogP contribution in [0, 0.1) is 0 Å². The van der Waals surface area contributed by atoms with Crippen LogP contribution >= 0.6 is 11.8 Å². The minimum Gasteiger partial charge on any atom is -0.358 e. The van der Waals surface area contributed by atoms with E-state index in [2.05, 4.69) is 17.3 Å². The molecular formula is C11H22N2OS. The Kier molecular flexibility index (Phi) is 6.10. The molecule has 0 spiro atoms. The van der Waals surface area contributed by atoms with Crippen LogP contribution in [-0.4, -0.2) is 49.0 Å². The van der Waals surface area contributed by atoms with Gasteiger partial charge >= 0.3 is 0 Å². The van der Waals surface area contributed by atoms with E-state index >= 15 is 0 Å². The van der Waals surface area contributed by atoms with Crippen molar-refractivity contribution < 1.29 is 4.79 Å². The Morgan fingerprint density at radius 2 is 2.33 bits per heavy atom. The number of nitrogens with one attached hydrogen (secondary N) is 1. The van der Waals surface area contributed by atoms with Crippen LogP contribution in [-0.2, 0) is 4.79 Å². The van der Waals surface area contributed by atoms with Gasteiger partial charge in [0.05, 0.1) is 5.75 Å². The lowest BCUT2D eigenvalue weighted by Gasteiger charge is -2.32. The number of thioether (sulfide) groups is 1. The van der Waals surface area contributed by atoms with Crippen molar-refractivity contribution in [3.8, 4) is 0 Å². The molecule has 1 aliphatic rings. The predicted octanol–water partition coefficient (Wildman–Crippen LogP) is 1.34. The number of likely N-dealkylation sites (tertiary alicyclic amines) is 1. The van der Waals surface area contributed by atoms with Gasteiger partial charge in [-0.1, -0.05) is 6.42 Å². The minimum absolute atomic E-state index is 0.136. The van der Waals surface area contributed by atoms with Crippen molar-refractivity contribution in [2.75, 3.05) is 32.1 Å². The van der Waals surface area contributed by atoms with Gasteiger partial charge in [0.2, 0.25) is 5.91 Å². The van der Waals surface area contributed by atoms with E-state index in [-0.39, 0.29) is 5.91 Å². The molecule has 0 unspecified atom stereocenters. The molecule has 1 heterocycles. The monoisotopic (exact) mass is 230 g/mol. The molecule has 88 valence electrons. The number of piperidine rings is 1. The van der Waals surface area contributed by atoms with Crippen LogP contribution in [0.2, 0.25) is 0 Å². The largest absolute Gasteiger partial charge is 0.358 e. The Bertz CT molecular complexity index is 199. The van der Waals surface area contributed by atoms with Crippen LogP contribution in [0.25, 0.3) is 0 Å². The fraction of sp³-hybridized carbons (Fsp3) is 0.909. The number of nitrogens with zero attached hydrogens (tertiary/aromatic N) is 1. The Hall–Kier alpha value is -0.220. The second-order valence-corrected chi connectivity index (χ2v) is 5.25. The molecule has 0 radical (unpaired) electrons. The van der Waals surface area contributed by atoms with E-state index in [1.165, 1.54) is 32.2 Å². The summed E-state index contributed by atoms with van der Waals surface area (Å²) in [4.78, 5) is 13.4. The average molecular weight is 230 g/mol. The van der Waals surface area contributed by atoms with E-state index in [4.69, 9.17) is 0 Å². The van der Waals surface area contributed by atoms with Crippen molar-refractivity contribution >= 4 is 17.7 Å². The first-order valence-corrected chi connectivity index (χ1v) is 6.88. The number of rotatable bonds is 5. The Labute approximate surface area is 97.0 Å². The topological polar surface area (TPSA) is 32.3 Å². The highest BCUT2D eigenvalue weighted by molar-refractivity contribution is 7.99. The van der Waals surface area contributed by atoms with Gasteiger partial charge in [0.1, 0.15) is 0 Å². The number of amides is 1. The molecule has 0 saturated carbocycles. The molecule has 0 aliphatic carbocycles. The fourth-order valence-electron chi connectivity index (χ4n) is 1.97. The van der Waals surface area contributed by atoms with E-state index < -0.39 is 0 Å². The van der Waals surface area contributed by atoms with Crippen molar-refractivity contribution in [1.29, 1.82) is 0 Å². The summed E-state index contributed by atoms with van der Waals surface area (Å²) < 4.78 is 0. The van der Waals surface area contributed by atoms with E-state index in [0.29, 0.717) is 5.75 Å².